The van der Waals surface area contributed by atoms with Crippen LogP contribution in [0, 0.1) is 0 Å². The van der Waals surface area contributed by atoms with Gasteiger partial charge in [-0.3, -0.25) is 4.99 Å². The Bertz CT molecular complexity index is 164. The number of rotatable bonds is 4. The van der Waals surface area contributed by atoms with E-state index in [-0.39, 0.29) is 0 Å². The highest BCUT2D eigenvalue weighted by molar-refractivity contribution is 8.13. The minimum absolute atomic E-state index is 0.437. The SMILES string of the molecule is C=CCSC(N)=NCC=NN. The second kappa shape index (κ2) is 7.14. The lowest BCUT2D eigenvalue weighted by atomic mass is 10.7. The highest BCUT2D eigenvalue weighted by atomic mass is 32.2. The molecule has 0 amide bonds. The van der Waals surface area contributed by atoms with Crippen molar-refractivity contribution in [1.29, 1.82) is 0 Å². The third-order valence-electron chi connectivity index (χ3n) is 0.783. The summed E-state index contributed by atoms with van der Waals surface area (Å²) in [4.78, 5) is 3.93. The first-order chi connectivity index (χ1) is 5.31. The van der Waals surface area contributed by atoms with E-state index in [4.69, 9.17) is 11.6 Å². The maximum absolute atomic E-state index is 5.46. The van der Waals surface area contributed by atoms with E-state index < -0.39 is 0 Å². The van der Waals surface area contributed by atoms with Gasteiger partial charge in [0.1, 0.15) is 0 Å². The molecule has 4 N–H and O–H groups in total. The van der Waals surface area contributed by atoms with Gasteiger partial charge < -0.3 is 11.6 Å². The Morgan fingerprint density at radius 1 is 1.64 bits per heavy atom. The van der Waals surface area contributed by atoms with Gasteiger partial charge in [-0.2, -0.15) is 5.10 Å². The first kappa shape index (κ1) is 10.0. The fourth-order valence-corrected chi connectivity index (χ4v) is 0.822. The van der Waals surface area contributed by atoms with Crippen molar-refractivity contribution < 1.29 is 0 Å². The van der Waals surface area contributed by atoms with Crippen LogP contribution in [0.5, 0.6) is 0 Å². The molecule has 0 heterocycles. The van der Waals surface area contributed by atoms with Crippen LogP contribution in [0.4, 0.5) is 0 Å². The molecular weight excluding hydrogens is 160 g/mol. The minimum Gasteiger partial charge on any atom is -0.379 e. The van der Waals surface area contributed by atoms with Crippen LogP contribution < -0.4 is 11.6 Å². The van der Waals surface area contributed by atoms with Crippen molar-refractivity contribution in [1.82, 2.24) is 0 Å². The van der Waals surface area contributed by atoms with Gasteiger partial charge in [-0.05, 0) is 0 Å². The van der Waals surface area contributed by atoms with Gasteiger partial charge in [0.25, 0.3) is 0 Å². The monoisotopic (exact) mass is 172 g/mol. The summed E-state index contributed by atoms with van der Waals surface area (Å²) in [7, 11) is 0. The molecule has 0 radical (unpaired) electrons. The molecule has 0 fully saturated rings. The lowest BCUT2D eigenvalue weighted by molar-refractivity contribution is 1.22. The van der Waals surface area contributed by atoms with Gasteiger partial charge in [0.2, 0.25) is 0 Å². The van der Waals surface area contributed by atoms with Crippen LogP contribution in [0.15, 0.2) is 22.7 Å². The molecule has 0 saturated heterocycles. The van der Waals surface area contributed by atoms with E-state index in [9.17, 15) is 0 Å². The third-order valence-corrected chi connectivity index (χ3v) is 1.61. The van der Waals surface area contributed by atoms with Gasteiger partial charge in [-0.15, -0.1) is 6.58 Å². The maximum atomic E-state index is 5.46. The first-order valence-corrected chi connectivity index (χ1v) is 4.05. The minimum atomic E-state index is 0.437. The zero-order valence-electron chi connectivity index (χ0n) is 6.23. The Kier molecular flexibility index (Phi) is 6.51. The highest BCUT2D eigenvalue weighted by Crippen LogP contribution is 1.98. The molecule has 0 bridgehead atoms. The summed E-state index contributed by atoms with van der Waals surface area (Å²) in [6.45, 7) is 3.99. The second-order valence-electron chi connectivity index (χ2n) is 1.61. The molecule has 62 valence electrons. The summed E-state index contributed by atoms with van der Waals surface area (Å²) in [6.07, 6.45) is 3.26. The summed E-state index contributed by atoms with van der Waals surface area (Å²) in [5, 5.41) is 3.80. The maximum Gasteiger partial charge on any atom is 0.154 e. The largest absolute Gasteiger partial charge is 0.379 e. The van der Waals surface area contributed by atoms with E-state index in [2.05, 4.69) is 16.7 Å². The molecule has 0 saturated carbocycles. The standard InChI is InChI=1S/C6H12N4S/c1-2-5-11-6(7)9-3-4-10-8/h2,4H,1,3,5,8H2,(H2,7,9). The van der Waals surface area contributed by atoms with Crippen LogP contribution in [0.2, 0.25) is 0 Å². The molecule has 0 aromatic rings. The molecule has 0 unspecified atom stereocenters. The highest BCUT2D eigenvalue weighted by Gasteiger charge is 1.87. The van der Waals surface area contributed by atoms with Crippen LogP contribution in [-0.4, -0.2) is 23.7 Å². The molecule has 0 aromatic heterocycles. The molecule has 0 rings (SSSR count). The molecular formula is C6H12N4S. The van der Waals surface area contributed by atoms with Crippen LogP contribution in [0.1, 0.15) is 0 Å². The number of amidine groups is 1. The van der Waals surface area contributed by atoms with Crippen molar-refractivity contribution in [3.05, 3.63) is 12.7 Å². The molecule has 0 aromatic carbocycles. The zero-order valence-corrected chi connectivity index (χ0v) is 7.05. The van der Waals surface area contributed by atoms with E-state index in [0.717, 1.165) is 5.75 Å². The van der Waals surface area contributed by atoms with Crippen LogP contribution in [0.3, 0.4) is 0 Å². The summed E-state index contributed by atoms with van der Waals surface area (Å²) >= 11 is 1.43. The van der Waals surface area contributed by atoms with Gasteiger partial charge in [0.05, 0.1) is 6.54 Å². The van der Waals surface area contributed by atoms with Crippen LogP contribution in [-0.2, 0) is 0 Å². The second-order valence-corrected chi connectivity index (χ2v) is 2.65. The zero-order chi connectivity index (χ0) is 8.53. The van der Waals surface area contributed by atoms with Crippen molar-refractivity contribution in [3.63, 3.8) is 0 Å². The number of hydrazone groups is 1. The number of aliphatic imine (C=N–C) groups is 1. The molecule has 4 nitrogen and oxygen atoms in total. The fraction of sp³-hybridized carbons (Fsp3) is 0.333. The normalized spacial score (nSPS) is 12.2. The van der Waals surface area contributed by atoms with Crippen molar-refractivity contribution in [2.75, 3.05) is 12.3 Å². The lowest BCUT2D eigenvalue weighted by Crippen LogP contribution is -2.08. The van der Waals surface area contributed by atoms with Crippen molar-refractivity contribution >= 4 is 23.1 Å². The Balaban J connectivity index is 3.53. The summed E-state index contributed by atoms with van der Waals surface area (Å²) in [6, 6.07) is 0. The van der Waals surface area contributed by atoms with E-state index in [1.54, 1.807) is 6.08 Å². The Labute approximate surface area is 70.4 Å². The molecule has 0 aliphatic rings. The van der Waals surface area contributed by atoms with Crippen molar-refractivity contribution in [3.8, 4) is 0 Å². The smallest absolute Gasteiger partial charge is 0.154 e. The number of nitrogens with zero attached hydrogens (tertiary/aromatic N) is 2. The molecule has 0 atom stereocenters. The molecule has 11 heavy (non-hydrogen) atoms. The number of hydrogen-bond donors (Lipinski definition) is 2. The molecule has 0 spiro atoms. The summed E-state index contributed by atoms with van der Waals surface area (Å²) in [5.74, 6) is 5.62. The summed E-state index contributed by atoms with van der Waals surface area (Å²) in [5.41, 5.74) is 5.46. The molecule has 5 heteroatoms. The number of hydrogen-bond acceptors (Lipinski definition) is 4. The van der Waals surface area contributed by atoms with Gasteiger partial charge in [0, 0.05) is 12.0 Å². The van der Waals surface area contributed by atoms with Gasteiger partial charge in [0.15, 0.2) is 5.17 Å². The average Bonchev–Trinajstić information content (AvgIpc) is 2.01. The molecule has 0 aliphatic heterocycles. The summed E-state index contributed by atoms with van der Waals surface area (Å²) < 4.78 is 0. The predicted molar refractivity (Wildman–Crippen MR) is 51.8 cm³/mol. The fourth-order valence-electron chi connectivity index (χ4n) is 0.368. The van der Waals surface area contributed by atoms with E-state index in [0.29, 0.717) is 11.7 Å². The van der Waals surface area contributed by atoms with Crippen LogP contribution in [0.25, 0.3) is 0 Å². The number of thioether (sulfide) groups is 1. The van der Waals surface area contributed by atoms with E-state index in [1.165, 1.54) is 18.0 Å². The van der Waals surface area contributed by atoms with Gasteiger partial charge in [-0.1, -0.05) is 17.8 Å². The Morgan fingerprint density at radius 2 is 2.36 bits per heavy atom. The average molecular weight is 172 g/mol. The quantitative estimate of drug-likeness (QED) is 0.208. The lowest BCUT2D eigenvalue weighted by Gasteiger charge is -1.93. The predicted octanol–water partition coefficient (Wildman–Crippen LogP) is 0.165. The van der Waals surface area contributed by atoms with E-state index in [1.807, 2.05) is 0 Å². The van der Waals surface area contributed by atoms with Gasteiger partial charge >= 0.3 is 0 Å². The first-order valence-electron chi connectivity index (χ1n) is 3.06. The number of nitrogens with two attached hydrogens (primary N) is 2. The van der Waals surface area contributed by atoms with Crippen LogP contribution >= 0.6 is 11.8 Å². The van der Waals surface area contributed by atoms with Gasteiger partial charge in [-0.25, -0.2) is 0 Å². The third kappa shape index (κ3) is 6.92. The van der Waals surface area contributed by atoms with Crippen molar-refractivity contribution in [2.24, 2.45) is 21.7 Å². The van der Waals surface area contributed by atoms with Crippen molar-refractivity contribution in [2.45, 2.75) is 0 Å². The topological polar surface area (TPSA) is 76.8 Å². The van der Waals surface area contributed by atoms with E-state index >= 15 is 0 Å². The Hall–Kier alpha value is -0.970. The Morgan fingerprint density at radius 3 is 2.91 bits per heavy atom. The molecule has 0 aliphatic carbocycles.